The monoisotopic (exact) mass is 390 g/mol. The molecule has 1 atom stereocenters. The Balaban J connectivity index is 2.01. The lowest BCUT2D eigenvalue weighted by atomic mass is 9.80. The van der Waals surface area contributed by atoms with Crippen LogP contribution in [0.15, 0.2) is 29.7 Å². The lowest BCUT2D eigenvalue weighted by Gasteiger charge is -2.45. The Hall–Kier alpha value is -1.66. The minimum Gasteiger partial charge on any atom is -0.369 e. The number of nitrogens with zero attached hydrogens (tertiary/aromatic N) is 2. The van der Waals surface area contributed by atoms with Crippen molar-refractivity contribution in [3.63, 3.8) is 0 Å². The van der Waals surface area contributed by atoms with Crippen LogP contribution in [-0.4, -0.2) is 34.3 Å². The lowest BCUT2D eigenvalue weighted by molar-refractivity contribution is -0.121. The van der Waals surface area contributed by atoms with Crippen LogP contribution in [0.1, 0.15) is 44.2 Å². The van der Waals surface area contributed by atoms with Gasteiger partial charge in [-0.2, -0.15) is 0 Å². The maximum absolute atomic E-state index is 14.8. The van der Waals surface area contributed by atoms with E-state index in [4.69, 9.17) is 12.2 Å². The molecule has 1 amide bonds. The fourth-order valence-corrected chi connectivity index (χ4v) is 4.91. The maximum atomic E-state index is 14.8. The summed E-state index contributed by atoms with van der Waals surface area (Å²) in [5, 5.41) is 0. The van der Waals surface area contributed by atoms with Gasteiger partial charge in [-0.15, -0.1) is 6.58 Å². The fourth-order valence-electron chi connectivity index (χ4n) is 3.64. The largest absolute Gasteiger partial charge is 0.369 e. The van der Waals surface area contributed by atoms with E-state index in [-0.39, 0.29) is 17.3 Å². The van der Waals surface area contributed by atoms with Crippen LogP contribution in [0.4, 0.5) is 10.1 Å². The van der Waals surface area contributed by atoms with Gasteiger partial charge in [-0.25, -0.2) is 4.39 Å². The molecule has 2 heterocycles. The minimum atomic E-state index is -0.325. The Morgan fingerprint density at radius 2 is 2.15 bits per heavy atom. The second kappa shape index (κ2) is 6.82. The van der Waals surface area contributed by atoms with Gasteiger partial charge < -0.3 is 4.90 Å². The fraction of sp³-hybridized carbons (Fsp3) is 0.400. The number of carbonyl (C=O) groups is 1. The summed E-state index contributed by atoms with van der Waals surface area (Å²) in [5.41, 5.74) is 2.44. The third-order valence-corrected chi connectivity index (χ3v) is 6.60. The molecule has 3 nitrogen and oxygen atoms in total. The van der Waals surface area contributed by atoms with Crippen molar-refractivity contribution in [2.45, 2.75) is 38.6 Å². The summed E-state index contributed by atoms with van der Waals surface area (Å²) in [6.45, 7) is 10.5. The molecule has 138 valence electrons. The van der Waals surface area contributed by atoms with E-state index in [9.17, 15) is 9.18 Å². The van der Waals surface area contributed by atoms with Gasteiger partial charge in [0.25, 0.3) is 5.91 Å². The molecular formula is C20H23FN2OS2. The summed E-state index contributed by atoms with van der Waals surface area (Å²) in [7, 11) is 2.00. The highest BCUT2D eigenvalue weighted by molar-refractivity contribution is 8.26. The summed E-state index contributed by atoms with van der Waals surface area (Å²) in [6, 6.07) is 3.46. The van der Waals surface area contributed by atoms with Gasteiger partial charge in [0.2, 0.25) is 0 Å². The van der Waals surface area contributed by atoms with Crippen molar-refractivity contribution in [2.24, 2.45) is 0 Å². The topological polar surface area (TPSA) is 23.6 Å². The summed E-state index contributed by atoms with van der Waals surface area (Å²) < 4.78 is 15.3. The van der Waals surface area contributed by atoms with Crippen LogP contribution < -0.4 is 4.90 Å². The Bertz CT molecular complexity index is 831. The molecule has 0 aromatic heterocycles. The molecule has 0 radical (unpaired) electrons. The second-order valence-electron chi connectivity index (χ2n) is 7.49. The van der Waals surface area contributed by atoms with E-state index >= 15 is 0 Å². The summed E-state index contributed by atoms with van der Waals surface area (Å²) in [6.07, 6.45) is 4.24. The molecule has 3 rings (SSSR count). The molecule has 1 saturated heterocycles. The van der Waals surface area contributed by atoms with Crippen molar-refractivity contribution in [1.29, 1.82) is 0 Å². The molecule has 2 aliphatic rings. The molecule has 1 unspecified atom stereocenters. The highest BCUT2D eigenvalue weighted by Gasteiger charge is 2.35. The number of rotatable bonds is 3. The first kappa shape index (κ1) is 19.1. The number of fused-ring (bicyclic) bond motifs is 1. The number of thiocarbonyl (C=S) groups is 1. The Kier molecular flexibility index (Phi) is 5.01. The maximum Gasteiger partial charge on any atom is 0.266 e. The summed E-state index contributed by atoms with van der Waals surface area (Å²) >= 11 is 6.45. The van der Waals surface area contributed by atoms with E-state index in [0.717, 1.165) is 17.7 Å². The van der Waals surface area contributed by atoms with E-state index in [1.54, 1.807) is 18.2 Å². The normalized spacial score (nSPS) is 23.6. The first-order valence-electron chi connectivity index (χ1n) is 8.59. The second-order valence-corrected chi connectivity index (χ2v) is 9.17. The van der Waals surface area contributed by atoms with Crippen LogP contribution in [-0.2, 0) is 4.79 Å². The smallest absolute Gasteiger partial charge is 0.266 e. The van der Waals surface area contributed by atoms with Gasteiger partial charge in [-0.1, -0.05) is 37.0 Å². The quantitative estimate of drug-likeness (QED) is 0.415. The number of hydrogen-bond donors (Lipinski definition) is 0. The zero-order valence-electron chi connectivity index (χ0n) is 15.5. The van der Waals surface area contributed by atoms with Gasteiger partial charge in [-0.3, -0.25) is 9.69 Å². The van der Waals surface area contributed by atoms with Crippen LogP contribution >= 0.6 is 24.0 Å². The zero-order valence-corrected chi connectivity index (χ0v) is 17.1. The van der Waals surface area contributed by atoms with E-state index in [2.05, 4.69) is 32.3 Å². The van der Waals surface area contributed by atoms with Gasteiger partial charge in [0.15, 0.2) is 0 Å². The van der Waals surface area contributed by atoms with Crippen molar-refractivity contribution in [3.05, 3.63) is 46.6 Å². The molecule has 0 bridgehead atoms. The van der Waals surface area contributed by atoms with Crippen LogP contribution in [0.3, 0.4) is 0 Å². The number of anilines is 1. The molecule has 0 aliphatic carbocycles. The Labute approximate surface area is 163 Å². The Morgan fingerprint density at radius 1 is 1.46 bits per heavy atom. The Morgan fingerprint density at radius 3 is 2.81 bits per heavy atom. The molecule has 2 aliphatic heterocycles. The van der Waals surface area contributed by atoms with Gasteiger partial charge in [0.1, 0.15) is 10.1 Å². The van der Waals surface area contributed by atoms with E-state index < -0.39 is 0 Å². The van der Waals surface area contributed by atoms with Gasteiger partial charge in [-0.05, 0) is 50.0 Å². The number of carbonyl (C=O) groups excluding carboxylic acids is 1. The van der Waals surface area contributed by atoms with Gasteiger partial charge in [0.05, 0.1) is 4.91 Å². The molecule has 1 aromatic rings. The van der Waals surface area contributed by atoms with Crippen LogP contribution in [0.2, 0.25) is 0 Å². The predicted molar refractivity (Wildman–Crippen MR) is 112 cm³/mol. The van der Waals surface area contributed by atoms with E-state index in [1.165, 1.54) is 16.7 Å². The van der Waals surface area contributed by atoms with Crippen molar-refractivity contribution in [3.8, 4) is 0 Å². The van der Waals surface area contributed by atoms with E-state index in [0.29, 0.717) is 27.3 Å². The number of benzene rings is 1. The highest BCUT2D eigenvalue weighted by atomic mass is 32.2. The third kappa shape index (κ3) is 3.21. The summed E-state index contributed by atoms with van der Waals surface area (Å²) in [5.74, 6) is -0.197. The van der Waals surface area contributed by atoms with Crippen molar-refractivity contribution in [1.82, 2.24) is 4.90 Å². The number of halogens is 1. The number of thioether (sulfide) groups is 1. The number of hydrogen-bond acceptors (Lipinski definition) is 4. The lowest BCUT2D eigenvalue weighted by Crippen LogP contribution is -2.45. The van der Waals surface area contributed by atoms with Crippen molar-refractivity contribution >= 4 is 46.0 Å². The highest BCUT2D eigenvalue weighted by Crippen LogP contribution is 2.44. The first-order valence-corrected chi connectivity index (χ1v) is 9.81. The molecule has 1 fully saturated rings. The zero-order chi connectivity index (χ0) is 19.2. The van der Waals surface area contributed by atoms with E-state index in [1.807, 2.05) is 13.1 Å². The van der Waals surface area contributed by atoms with Gasteiger partial charge >= 0.3 is 0 Å². The molecule has 1 aromatic carbocycles. The van der Waals surface area contributed by atoms with Crippen LogP contribution in [0.25, 0.3) is 6.08 Å². The van der Waals surface area contributed by atoms with Crippen molar-refractivity contribution < 1.29 is 9.18 Å². The average Bonchev–Trinajstić information content (AvgIpc) is 2.82. The molecular weight excluding hydrogens is 367 g/mol. The average molecular weight is 391 g/mol. The van der Waals surface area contributed by atoms with Crippen LogP contribution in [0, 0.1) is 5.82 Å². The standard InChI is InChI=1S/C20H23FN2OS2/c1-6-7-23-18(24)17(26-19(23)25)9-13-8-14-12(2)11-20(3,4)22(5)16(14)10-15(13)21/h6,8-10,12H,1,7,11H2,2-5H3/b17-9+. The predicted octanol–water partition coefficient (Wildman–Crippen LogP) is 4.93. The number of amides is 1. The van der Waals surface area contributed by atoms with Crippen molar-refractivity contribution in [2.75, 3.05) is 18.5 Å². The minimum absolute atomic E-state index is 0.0204. The first-order chi connectivity index (χ1) is 12.2. The molecule has 0 spiro atoms. The van der Waals surface area contributed by atoms with Crippen LogP contribution in [0.5, 0.6) is 0 Å². The summed E-state index contributed by atoms with van der Waals surface area (Å²) in [4.78, 5) is 16.6. The SMILES string of the molecule is C=CCN1C(=O)/C(=C\c2cc3c(cc2F)N(C)C(C)(C)CC3C)SC1=S. The molecule has 0 saturated carbocycles. The van der Waals surface area contributed by atoms with Gasteiger partial charge in [0, 0.05) is 30.4 Å². The molecule has 6 heteroatoms. The molecule has 0 N–H and O–H groups in total. The molecule has 26 heavy (non-hydrogen) atoms. The third-order valence-electron chi connectivity index (χ3n) is 5.22.